The Bertz CT molecular complexity index is 2510. The molecule has 5 aliphatic heterocycles. The van der Waals surface area contributed by atoms with Gasteiger partial charge < -0.3 is 49.0 Å². The van der Waals surface area contributed by atoms with Crippen LogP contribution in [0.15, 0.2) is 60.7 Å². The number of carbonyl (C=O) groups excluding carboxylic acids is 2. The SMILES string of the molecule is CC[C@@H]1CCN(C(=O)Nc2ccc(C)c(-c3cc(C)nc(N4CCOCC4)c3)c2)C1.Cc1cc(I)cc(N2CCOCC2)n1.Cc1ccc(NC(=O)N2CC[C@@H](CC(F)(F)F)C2)cc1B1OC(C)(C)C(C)(C)O1. The number of hydrogen-bond donors (Lipinski definition) is 2. The molecule has 4 aromatic rings. The summed E-state index contributed by atoms with van der Waals surface area (Å²) < 4.78 is 62.0. The van der Waals surface area contributed by atoms with E-state index >= 15 is 0 Å². The second-order valence-electron chi connectivity index (χ2n) is 20.8. The molecular formula is C54H73BF3IN8O6. The number of hydrogen-bond acceptors (Lipinski definition) is 10. The van der Waals surface area contributed by atoms with Gasteiger partial charge in [0.1, 0.15) is 11.6 Å². The molecule has 14 nitrogen and oxygen atoms in total. The zero-order valence-corrected chi connectivity index (χ0v) is 46.1. The molecule has 2 aromatic carbocycles. The number of anilines is 4. The second-order valence-corrected chi connectivity index (χ2v) is 22.1. The number of morpholine rings is 2. The van der Waals surface area contributed by atoms with Gasteiger partial charge in [0.05, 0.1) is 37.6 Å². The molecule has 9 rings (SSSR count). The third-order valence-electron chi connectivity index (χ3n) is 14.6. The Labute approximate surface area is 443 Å². The molecule has 0 unspecified atom stereocenters. The molecule has 4 amide bonds. The minimum atomic E-state index is -4.20. The fourth-order valence-electron chi connectivity index (χ4n) is 9.54. The van der Waals surface area contributed by atoms with E-state index in [-0.39, 0.29) is 12.6 Å². The average Bonchev–Trinajstić information content (AvgIpc) is 4.07. The van der Waals surface area contributed by atoms with Gasteiger partial charge in [0.25, 0.3) is 0 Å². The zero-order chi connectivity index (χ0) is 52.7. The van der Waals surface area contributed by atoms with Gasteiger partial charge in [0.2, 0.25) is 0 Å². The molecule has 5 saturated heterocycles. The molecule has 0 saturated carbocycles. The van der Waals surface area contributed by atoms with E-state index in [0.717, 1.165) is 129 Å². The lowest BCUT2D eigenvalue weighted by molar-refractivity contribution is -0.143. The van der Waals surface area contributed by atoms with Crippen LogP contribution in [0.3, 0.4) is 0 Å². The van der Waals surface area contributed by atoms with E-state index in [0.29, 0.717) is 24.6 Å². The molecule has 2 N–H and O–H groups in total. The molecule has 0 radical (unpaired) electrons. The van der Waals surface area contributed by atoms with Crippen LogP contribution in [0.5, 0.6) is 0 Å². The van der Waals surface area contributed by atoms with Crippen molar-refractivity contribution in [3.8, 4) is 11.1 Å². The van der Waals surface area contributed by atoms with Crippen LogP contribution in [0.2, 0.25) is 0 Å². The summed E-state index contributed by atoms with van der Waals surface area (Å²) in [6.45, 7) is 27.0. The van der Waals surface area contributed by atoms with Crippen LogP contribution in [-0.2, 0) is 18.8 Å². The number of aromatic nitrogens is 2. The highest BCUT2D eigenvalue weighted by Crippen LogP contribution is 2.37. The Morgan fingerprint density at radius 3 is 1.70 bits per heavy atom. The van der Waals surface area contributed by atoms with E-state index < -0.39 is 42.9 Å². The van der Waals surface area contributed by atoms with Crippen LogP contribution in [0.25, 0.3) is 11.1 Å². The first-order valence-corrected chi connectivity index (χ1v) is 26.7. The molecule has 2 atom stereocenters. The summed E-state index contributed by atoms with van der Waals surface area (Å²) in [7, 11) is -0.556. The number of likely N-dealkylation sites (tertiary alicyclic amines) is 2. The highest BCUT2D eigenvalue weighted by molar-refractivity contribution is 14.1. The number of carbonyl (C=O) groups is 2. The number of halogens is 4. The molecule has 5 fully saturated rings. The van der Waals surface area contributed by atoms with E-state index in [1.165, 1.54) is 14.0 Å². The van der Waals surface area contributed by atoms with Gasteiger partial charge in [-0.1, -0.05) is 31.0 Å². The van der Waals surface area contributed by atoms with Crippen molar-refractivity contribution >= 4 is 70.2 Å². The van der Waals surface area contributed by atoms with Gasteiger partial charge in [-0.2, -0.15) is 13.2 Å². The van der Waals surface area contributed by atoms with E-state index in [4.69, 9.17) is 23.8 Å². The van der Waals surface area contributed by atoms with Crippen molar-refractivity contribution in [1.29, 1.82) is 0 Å². The molecule has 0 aliphatic carbocycles. The Morgan fingerprint density at radius 2 is 1.18 bits per heavy atom. The Balaban J connectivity index is 0.000000170. The average molecular weight is 1120 g/mol. The van der Waals surface area contributed by atoms with Gasteiger partial charge in [-0.15, -0.1) is 0 Å². The third-order valence-corrected chi connectivity index (χ3v) is 15.2. The van der Waals surface area contributed by atoms with Gasteiger partial charge in [-0.05, 0) is 173 Å². The monoisotopic (exact) mass is 1120 g/mol. The smallest absolute Gasteiger partial charge is 0.399 e. The van der Waals surface area contributed by atoms with Crippen molar-refractivity contribution in [3.05, 3.63) is 86.7 Å². The number of benzene rings is 2. The summed E-state index contributed by atoms with van der Waals surface area (Å²) >= 11 is 2.33. The van der Waals surface area contributed by atoms with Gasteiger partial charge in [0.15, 0.2) is 0 Å². The number of pyridine rings is 2. The number of alkyl halides is 3. The first-order chi connectivity index (χ1) is 34.6. The summed E-state index contributed by atoms with van der Waals surface area (Å²) in [5.41, 5.74) is 7.73. The number of nitrogens with zero attached hydrogens (tertiary/aromatic N) is 6. The lowest BCUT2D eigenvalue weighted by atomic mass is 9.76. The Hall–Kier alpha value is -4.70. The quantitative estimate of drug-likeness (QED) is 0.130. The summed E-state index contributed by atoms with van der Waals surface area (Å²) in [5, 5.41) is 5.90. The van der Waals surface area contributed by atoms with E-state index in [1.54, 1.807) is 12.1 Å². The van der Waals surface area contributed by atoms with E-state index in [1.807, 2.05) is 65.5 Å². The van der Waals surface area contributed by atoms with Crippen molar-refractivity contribution in [2.45, 2.75) is 105 Å². The molecular weight excluding hydrogens is 1050 g/mol. The lowest BCUT2D eigenvalue weighted by Gasteiger charge is -2.32. The van der Waals surface area contributed by atoms with Gasteiger partial charge >= 0.3 is 25.4 Å². The van der Waals surface area contributed by atoms with Crippen LogP contribution in [0.4, 0.5) is 45.8 Å². The number of ether oxygens (including phenoxy) is 2. The number of rotatable bonds is 8. The fraction of sp³-hybridized carbons (Fsp3) is 0.556. The maximum absolute atomic E-state index is 12.7. The van der Waals surface area contributed by atoms with Crippen LogP contribution in [0, 0.1) is 43.1 Å². The standard InChI is InChI=1S/C24H32N4O2.C20H28BF3N2O3.C10H13IN2O/c1-4-19-7-8-28(16-19)24(29)26-21-6-5-17(2)22(15-21)20-13-18(3)25-23(14-20)27-9-11-30-12-10-27;1-13-6-7-15(10-16(13)21-28-18(2,3)19(4,5)29-21)25-17(27)26-9-8-14(12-26)11-20(22,23)24;1-8-6-9(11)7-10(12-8)13-2-4-14-5-3-13/h5-6,13-15,19H,4,7-12,16H2,1-3H3,(H,26,29);6-7,10,14H,8-9,11-12H2,1-5H3,(H,25,27);6-7H,2-5H2,1H3/t19-;14-;/m10./s1. The topological polar surface area (TPSA) is 134 Å². The third kappa shape index (κ3) is 15.2. The Kier molecular flexibility index (Phi) is 18.7. The van der Waals surface area contributed by atoms with Crippen LogP contribution >= 0.6 is 22.6 Å². The van der Waals surface area contributed by atoms with Crippen molar-refractivity contribution in [3.63, 3.8) is 0 Å². The maximum atomic E-state index is 12.7. The molecule has 7 heterocycles. The predicted molar refractivity (Wildman–Crippen MR) is 292 cm³/mol. The summed E-state index contributed by atoms with van der Waals surface area (Å²) in [4.78, 5) is 42.4. The van der Waals surface area contributed by atoms with Crippen LogP contribution < -0.4 is 25.9 Å². The normalized spacial score (nSPS) is 20.5. The van der Waals surface area contributed by atoms with E-state index in [2.05, 4.69) is 98.3 Å². The number of urea groups is 2. The van der Waals surface area contributed by atoms with Gasteiger partial charge in [-0.25, -0.2) is 19.6 Å². The zero-order valence-electron chi connectivity index (χ0n) is 44.0. The minimum absolute atomic E-state index is 0.000618. The van der Waals surface area contributed by atoms with Gasteiger partial charge in [0, 0.05) is 85.1 Å². The lowest BCUT2D eigenvalue weighted by Crippen LogP contribution is -2.41. The molecule has 5 aliphatic rings. The molecule has 396 valence electrons. The number of nitrogens with one attached hydrogen (secondary N) is 2. The van der Waals surface area contributed by atoms with Crippen molar-refractivity contribution < 1.29 is 41.5 Å². The largest absolute Gasteiger partial charge is 0.495 e. The van der Waals surface area contributed by atoms with Crippen LogP contribution in [0.1, 0.15) is 82.8 Å². The number of aryl methyl sites for hydroxylation is 4. The molecule has 2 aromatic heterocycles. The first kappa shape index (κ1) is 56.0. The van der Waals surface area contributed by atoms with Gasteiger partial charge in [-0.3, -0.25) is 0 Å². The Morgan fingerprint density at radius 1 is 0.685 bits per heavy atom. The molecule has 73 heavy (non-hydrogen) atoms. The van der Waals surface area contributed by atoms with Crippen molar-refractivity contribution in [1.82, 2.24) is 19.8 Å². The highest BCUT2D eigenvalue weighted by Gasteiger charge is 2.52. The van der Waals surface area contributed by atoms with Crippen molar-refractivity contribution in [2.75, 3.05) is 99.2 Å². The minimum Gasteiger partial charge on any atom is -0.399 e. The molecule has 0 spiro atoms. The summed E-state index contributed by atoms with van der Waals surface area (Å²) in [5.74, 6) is 2.16. The molecule has 0 bridgehead atoms. The highest BCUT2D eigenvalue weighted by atomic mass is 127. The summed E-state index contributed by atoms with van der Waals surface area (Å²) in [6.07, 6.45) is -2.46. The molecule has 19 heteroatoms. The van der Waals surface area contributed by atoms with Crippen LogP contribution in [-0.4, -0.2) is 135 Å². The second kappa shape index (κ2) is 24.3. The fourth-order valence-corrected chi connectivity index (χ4v) is 10.3. The predicted octanol–water partition coefficient (Wildman–Crippen LogP) is 10.4. The number of amides is 4. The van der Waals surface area contributed by atoms with Crippen molar-refractivity contribution in [2.24, 2.45) is 11.8 Å². The first-order valence-electron chi connectivity index (χ1n) is 25.6. The summed E-state index contributed by atoms with van der Waals surface area (Å²) in [6, 6.07) is 19.7. The van der Waals surface area contributed by atoms with E-state index in [9.17, 15) is 22.8 Å². The maximum Gasteiger partial charge on any atom is 0.495 e.